The number of hydrogen-bond acceptors (Lipinski definition) is 4. The molecular weight excluding hydrogens is 424 g/mol. The van der Waals surface area contributed by atoms with Crippen molar-refractivity contribution in [2.75, 3.05) is 0 Å². The average Bonchev–Trinajstić information content (AvgIpc) is 3.09. The minimum Gasteiger partial charge on any atom is -0.388 e. The second-order valence-corrected chi connectivity index (χ2v) is 13.6. The summed E-state index contributed by atoms with van der Waals surface area (Å²) >= 11 is 0. The molecular formula is C30H46O4. The normalized spacial score (nSPS) is 41.0. The predicted octanol–water partition coefficient (Wildman–Crippen LogP) is 5.95. The van der Waals surface area contributed by atoms with E-state index in [1.54, 1.807) is 19.9 Å². The predicted molar refractivity (Wildman–Crippen MR) is 135 cm³/mol. The number of fused-ring (bicyclic) bond motifs is 4. The van der Waals surface area contributed by atoms with Crippen LogP contribution in [0, 0.1) is 34.0 Å². The molecule has 0 aromatic heterocycles. The lowest BCUT2D eigenvalue weighted by Crippen LogP contribution is -2.65. The van der Waals surface area contributed by atoms with Crippen molar-refractivity contribution in [2.45, 2.75) is 118 Å². The van der Waals surface area contributed by atoms with Gasteiger partial charge in [0.1, 0.15) is 5.78 Å². The summed E-state index contributed by atoms with van der Waals surface area (Å²) in [5.41, 5.74) is 0.739. The van der Waals surface area contributed by atoms with Crippen LogP contribution in [0.15, 0.2) is 22.8 Å². The van der Waals surface area contributed by atoms with Crippen LogP contribution in [0.2, 0.25) is 0 Å². The summed E-state index contributed by atoms with van der Waals surface area (Å²) in [7, 11) is 0. The maximum atomic E-state index is 13.2. The van der Waals surface area contributed by atoms with Crippen LogP contribution in [0.3, 0.4) is 0 Å². The Kier molecular flexibility index (Phi) is 5.98. The van der Waals surface area contributed by atoms with Gasteiger partial charge in [-0.3, -0.25) is 9.59 Å². The van der Waals surface area contributed by atoms with E-state index in [0.29, 0.717) is 30.3 Å². The van der Waals surface area contributed by atoms with Crippen LogP contribution in [0.5, 0.6) is 0 Å². The Hall–Kier alpha value is -1.26. The summed E-state index contributed by atoms with van der Waals surface area (Å²) < 4.78 is 0. The Bertz CT molecular complexity index is 963. The van der Waals surface area contributed by atoms with Crippen LogP contribution in [0.25, 0.3) is 0 Å². The molecule has 0 aliphatic heterocycles. The molecule has 0 spiro atoms. The topological polar surface area (TPSA) is 74.6 Å². The fourth-order valence-electron chi connectivity index (χ4n) is 8.57. The Labute approximate surface area is 206 Å². The molecule has 4 rings (SSSR count). The molecule has 2 fully saturated rings. The van der Waals surface area contributed by atoms with E-state index < -0.39 is 16.6 Å². The minimum absolute atomic E-state index is 0.0724. The average molecular weight is 471 g/mol. The molecule has 0 aromatic rings. The van der Waals surface area contributed by atoms with Crippen LogP contribution in [0.1, 0.15) is 107 Å². The second-order valence-electron chi connectivity index (χ2n) is 13.6. The summed E-state index contributed by atoms with van der Waals surface area (Å²) in [6, 6.07) is 0. The Balaban J connectivity index is 1.66. The van der Waals surface area contributed by atoms with Gasteiger partial charge >= 0.3 is 0 Å². The third-order valence-electron chi connectivity index (χ3n) is 11.4. The van der Waals surface area contributed by atoms with Crippen molar-refractivity contribution in [1.29, 1.82) is 0 Å². The molecule has 0 radical (unpaired) electrons. The quantitative estimate of drug-likeness (QED) is 0.393. The molecule has 0 bridgehead atoms. The molecule has 0 amide bonds. The van der Waals surface area contributed by atoms with Gasteiger partial charge in [0.05, 0.1) is 16.6 Å². The van der Waals surface area contributed by atoms with Crippen LogP contribution in [0.4, 0.5) is 0 Å². The summed E-state index contributed by atoms with van der Waals surface area (Å²) in [4.78, 5) is 26.0. The molecule has 190 valence electrons. The van der Waals surface area contributed by atoms with Gasteiger partial charge in [-0.25, -0.2) is 0 Å². The molecule has 0 heterocycles. The fourth-order valence-corrected chi connectivity index (χ4v) is 8.57. The highest BCUT2D eigenvalue weighted by atomic mass is 16.3. The summed E-state index contributed by atoms with van der Waals surface area (Å²) in [6.07, 6.45) is 8.62. The fraction of sp³-hybridized carbons (Fsp3) is 0.800. The van der Waals surface area contributed by atoms with Crippen molar-refractivity contribution < 1.29 is 19.8 Å². The van der Waals surface area contributed by atoms with Gasteiger partial charge in [0, 0.05) is 17.8 Å². The van der Waals surface area contributed by atoms with Gasteiger partial charge in [0.15, 0.2) is 5.78 Å². The molecule has 4 nitrogen and oxygen atoms in total. The van der Waals surface area contributed by atoms with Gasteiger partial charge < -0.3 is 10.2 Å². The number of hydrogen-bond donors (Lipinski definition) is 2. The van der Waals surface area contributed by atoms with Gasteiger partial charge in [0.2, 0.25) is 0 Å². The van der Waals surface area contributed by atoms with E-state index in [0.717, 1.165) is 38.5 Å². The van der Waals surface area contributed by atoms with Gasteiger partial charge in [-0.15, -0.1) is 0 Å². The number of rotatable bonds is 4. The lowest BCUT2D eigenvalue weighted by atomic mass is 9.44. The molecule has 34 heavy (non-hydrogen) atoms. The zero-order valence-electron chi connectivity index (χ0n) is 22.7. The monoisotopic (exact) mass is 470 g/mol. The van der Waals surface area contributed by atoms with Gasteiger partial charge in [-0.05, 0) is 94.6 Å². The zero-order valence-corrected chi connectivity index (χ0v) is 22.7. The molecule has 0 saturated heterocycles. The van der Waals surface area contributed by atoms with Gasteiger partial charge in [-0.2, -0.15) is 0 Å². The van der Waals surface area contributed by atoms with Gasteiger partial charge in [0.25, 0.3) is 0 Å². The molecule has 4 aliphatic rings. The van der Waals surface area contributed by atoms with E-state index >= 15 is 0 Å². The summed E-state index contributed by atoms with van der Waals surface area (Å²) in [6.45, 7) is 15.9. The summed E-state index contributed by atoms with van der Waals surface area (Å²) in [5.74, 6) is 1.03. The SMILES string of the molecule is CC(=CC(=O)C(C)C1CCC2C3=C(CCC21C)C1(C)CCC(=O)C(C)(C)C1(O)CC3)C(C)(C)O. The van der Waals surface area contributed by atoms with Crippen molar-refractivity contribution in [1.82, 2.24) is 0 Å². The smallest absolute Gasteiger partial charge is 0.158 e. The Morgan fingerprint density at radius 3 is 2.32 bits per heavy atom. The highest BCUT2D eigenvalue weighted by Gasteiger charge is 2.66. The van der Waals surface area contributed by atoms with E-state index in [-0.39, 0.29) is 28.3 Å². The van der Waals surface area contributed by atoms with E-state index in [4.69, 9.17) is 0 Å². The number of carbonyl (C=O) groups excluding carboxylic acids is 2. The van der Waals surface area contributed by atoms with Gasteiger partial charge in [-0.1, -0.05) is 45.8 Å². The molecule has 4 aliphatic carbocycles. The highest BCUT2D eigenvalue weighted by molar-refractivity contribution is 5.92. The number of carbonyl (C=O) groups is 2. The first-order chi connectivity index (χ1) is 15.5. The van der Waals surface area contributed by atoms with Crippen LogP contribution >= 0.6 is 0 Å². The standard InChI is InChI=1S/C30H46O4/c1-18(27(5,6)33)17-24(31)19(2)21-9-10-22-20-11-16-30(34)26(3,4)25(32)13-15-29(30,8)23(20)12-14-28(21,22)7/h17,19,21-22,33-34H,9-16H2,1-8H3. The number of Topliss-reactive ketones (excluding diaryl/α,β-unsaturated/α-hetero) is 1. The van der Waals surface area contributed by atoms with E-state index in [2.05, 4.69) is 20.8 Å². The third-order valence-corrected chi connectivity index (χ3v) is 11.4. The van der Waals surface area contributed by atoms with E-state index in [1.165, 1.54) is 11.1 Å². The molecule has 0 aromatic carbocycles. The van der Waals surface area contributed by atoms with E-state index in [9.17, 15) is 19.8 Å². The highest BCUT2D eigenvalue weighted by Crippen LogP contribution is 2.68. The lowest BCUT2D eigenvalue weighted by Gasteiger charge is -2.62. The second kappa shape index (κ2) is 7.87. The van der Waals surface area contributed by atoms with Crippen LogP contribution in [-0.2, 0) is 9.59 Å². The Morgan fingerprint density at radius 2 is 1.71 bits per heavy atom. The van der Waals surface area contributed by atoms with Crippen molar-refractivity contribution >= 4 is 11.6 Å². The van der Waals surface area contributed by atoms with Crippen molar-refractivity contribution in [3.8, 4) is 0 Å². The number of ketones is 2. The number of aliphatic hydroxyl groups is 2. The molecule has 6 atom stereocenters. The van der Waals surface area contributed by atoms with Crippen LogP contribution in [-0.4, -0.2) is 33.0 Å². The lowest BCUT2D eigenvalue weighted by molar-refractivity contribution is -0.187. The maximum absolute atomic E-state index is 13.2. The Morgan fingerprint density at radius 1 is 1.06 bits per heavy atom. The van der Waals surface area contributed by atoms with Crippen molar-refractivity contribution in [3.63, 3.8) is 0 Å². The number of allylic oxidation sites excluding steroid dienone is 2. The first-order valence-electron chi connectivity index (χ1n) is 13.4. The minimum atomic E-state index is -0.984. The first-order valence-corrected chi connectivity index (χ1v) is 13.4. The van der Waals surface area contributed by atoms with Crippen molar-refractivity contribution in [2.24, 2.45) is 34.0 Å². The maximum Gasteiger partial charge on any atom is 0.158 e. The summed E-state index contributed by atoms with van der Waals surface area (Å²) in [5, 5.41) is 22.3. The van der Waals surface area contributed by atoms with E-state index in [1.807, 2.05) is 20.8 Å². The molecule has 6 unspecified atom stereocenters. The molecule has 4 heteroatoms. The third kappa shape index (κ3) is 3.38. The first kappa shape index (κ1) is 25.8. The van der Waals surface area contributed by atoms with Crippen molar-refractivity contribution in [3.05, 3.63) is 22.8 Å². The zero-order chi connectivity index (χ0) is 25.5. The largest absolute Gasteiger partial charge is 0.388 e. The van der Waals surface area contributed by atoms with Crippen LogP contribution < -0.4 is 0 Å². The molecule has 2 N–H and O–H groups in total. The molecule has 2 saturated carbocycles.